The first-order valence-corrected chi connectivity index (χ1v) is 7.69. The van der Waals surface area contributed by atoms with Gasteiger partial charge in [0.05, 0.1) is 17.5 Å². The largest absolute Gasteiger partial charge is 0.478 e. The van der Waals surface area contributed by atoms with Crippen LogP contribution in [0.5, 0.6) is 0 Å². The number of nitrogens with zero attached hydrogens (tertiary/aromatic N) is 2. The minimum Gasteiger partial charge on any atom is -0.478 e. The predicted molar refractivity (Wildman–Crippen MR) is 87.7 cm³/mol. The van der Waals surface area contributed by atoms with E-state index in [9.17, 15) is 9.59 Å². The van der Waals surface area contributed by atoms with Crippen molar-refractivity contribution in [2.45, 2.75) is 20.4 Å². The normalized spacial score (nSPS) is 10.1. The third kappa shape index (κ3) is 3.23. The SMILES string of the molecule is CC.O=C(O)c1ccc(Cn2sc3ncccc3c2=O)cc1. The van der Waals surface area contributed by atoms with E-state index in [1.165, 1.54) is 23.7 Å². The number of rotatable bonds is 3. The van der Waals surface area contributed by atoms with E-state index < -0.39 is 5.97 Å². The van der Waals surface area contributed by atoms with Crippen LogP contribution in [0.25, 0.3) is 10.2 Å². The highest BCUT2D eigenvalue weighted by atomic mass is 32.1. The van der Waals surface area contributed by atoms with E-state index in [2.05, 4.69) is 4.98 Å². The Morgan fingerprint density at radius 1 is 1.23 bits per heavy atom. The molecule has 2 aromatic heterocycles. The molecule has 0 saturated heterocycles. The Kier molecular flexibility index (Phi) is 5.06. The van der Waals surface area contributed by atoms with Crippen LogP contribution in [-0.2, 0) is 6.54 Å². The third-order valence-corrected chi connectivity index (χ3v) is 3.97. The average molecular weight is 316 g/mol. The summed E-state index contributed by atoms with van der Waals surface area (Å²) >= 11 is 1.31. The first-order chi connectivity index (χ1) is 10.6. The Bertz CT molecular complexity index is 834. The Morgan fingerprint density at radius 3 is 2.50 bits per heavy atom. The number of carboxylic acids is 1. The molecule has 2 heterocycles. The van der Waals surface area contributed by atoms with Crippen LogP contribution < -0.4 is 5.56 Å². The van der Waals surface area contributed by atoms with Gasteiger partial charge < -0.3 is 5.11 Å². The molecule has 0 spiro atoms. The van der Waals surface area contributed by atoms with Crippen molar-refractivity contribution in [2.24, 2.45) is 0 Å². The highest BCUT2D eigenvalue weighted by Gasteiger charge is 2.08. The van der Waals surface area contributed by atoms with E-state index in [1.54, 1.807) is 34.4 Å². The Hall–Kier alpha value is -2.47. The van der Waals surface area contributed by atoms with Gasteiger partial charge in [-0.25, -0.2) is 9.78 Å². The second kappa shape index (κ2) is 7.00. The fourth-order valence-corrected chi connectivity index (χ4v) is 2.89. The summed E-state index contributed by atoms with van der Waals surface area (Å²) in [6.45, 7) is 4.42. The number of aromatic nitrogens is 2. The molecule has 6 heteroatoms. The maximum absolute atomic E-state index is 12.1. The number of carbonyl (C=O) groups is 1. The molecule has 5 nitrogen and oxygen atoms in total. The molecule has 0 bridgehead atoms. The number of hydrogen-bond donors (Lipinski definition) is 1. The van der Waals surface area contributed by atoms with Crippen LogP contribution in [0.4, 0.5) is 0 Å². The molecule has 3 rings (SSSR count). The number of pyridine rings is 1. The van der Waals surface area contributed by atoms with Crippen LogP contribution in [0.15, 0.2) is 47.4 Å². The number of hydrogen-bond acceptors (Lipinski definition) is 4. The summed E-state index contributed by atoms with van der Waals surface area (Å²) in [5.74, 6) is -0.959. The van der Waals surface area contributed by atoms with Crippen LogP contribution in [0.2, 0.25) is 0 Å². The van der Waals surface area contributed by atoms with Crippen molar-refractivity contribution in [3.05, 3.63) is 64.1 Å². The topological polar surface area (TPSA) is 72.2 Å². The molecule has 0 saturated carbocycles. The number of fused-ring (bicyclic) bond motifs is 1. The molecule has 0 unspecified atom stereocenters. The van der Waals surface area contributed by atoms with Crippen LogP contribution in [0.1, 0.15) is 29.8 Å². The van der Waals surface area contributed by atoms with Crippen LogP contribution in [0.3, 0.4) is 0 Å². The van der Waals surface area contributed by atoms with Crippen molar-refractivity contribution < 1.29 is 9.90 Å². The molecule has 0 aliphatic rings. The molecule has 1 N–H and O–H groups in total. The second-order valence-electron chi connectivity index (χ2n) is 4.29. The van der Waals surface area contributed by atoms with Gasteiger partial charge in [0.1, 0.15) is 4.83 Å². The van der Waals surface area contributed by atoms with Gasteiger partial charge in [-0.1, -0.05) is 26.0 Å². The smallest absolute Gasteiger partial charge is 0.335 e. The highest BCUT2D eigenvalue weighted by Crippen LogP contribution is 2.15. The second-order valence-corrected chi connectivity index (χ2v) is 5.30. The Labute approximate surface area is 131 Å². The molecule has 3 aromatic rings. The van der Waals surface area contributed by atoms with Gasteiger partial charge in [0.15, 0.2) is 0 Å². The van der Waals surface area contributed by atoms with Crippen LogP contribution >= 0.6 is 11.5 Å². The van der Waals surface area contributed by atoms with Gasteiger partial charge >= 0.3 is 5.97 Å². The van der Waals surface area contributed by atoms with Crippen molar-refractivity contribution in [3.63, 3.8) is 0 Å². The lowest BCUT2D eigenvalue weighted by atomic mass is 10.1. The van der Waals surface area contributed by atoms with Gasteiger partial charge in [-0.05, 0) is 41.4 Å². The predicted octanol–water partition coefficient (Wildman–Crippen LogP) is 3.23. The lowest BCUT2D eigenvalue weighted by molar-refractivity contribution is 0.0697. The zero-order valence-corrected chi connectivity index (χ0v) is 13.1. The van der Waals surface area contributed by atoms with Gasteiger partial charge in [-0.3, -0.25) is 8.75 Å². The van der Waals surface area contributed by atoms with Gasteiger partial charge in [-0.2, -0.15) is 0 Å². The molecular formula is C16H16N2O3S. The standard InChI is InChI=1S/C14H10N2O3S.C2H6/c17-13-11-2-1-7-15-12(11)20-16(13)8-9-3-5-10(6-4-9)14(18)19;1-2/h1-7H,8H2,(H,18,19);1-2H3. The zero-order valence-electron chi connectivity index (χ0n) is 12.3. The Balaban J connectivity index is 0.000000847. The maximum Gasteiger partial charge on any atom is 0.335 e. The molecule has 0 aliphatic carbocycles. The molecular weight excluding hydrogens is 300 g/mol. The molecule has 22 heavy (non-hydrogen) atoms. The van der Waals surface area contributed by atoms with E-state index in [0.29, 0.717) is 16.8 Å². The van der Waals surface area contributed by atoms with Crippen LogP contribution in [-0.4, -0.2) is 20.0 Å². The highest BCUT2D eigenvalue weighted by molar-refractivity contribution is 7.13. The van der Waals surface area contributed by atoms with E-state index in [4.69, 9.17) is 5.11 Å². The fourth-order valence-electron chi connectivity index (χ4n) is 1.93. The summed E-state index contributed by atoms with van der Waals surface area (Å²) in [7, 11) is 0. The minimum absolute atomic E-state index is 0.0691. The van der Waals surface area contributed by atoms with Crippen molar-refractivity contribution >= 4 is 27.7 Å². The first-order valence-electron chi connectivity index (χ1n) is 6.92. The van der Waals surface area contributed by atoms with E-state index in [1.807, 2.05) is 13.8 Å². The van der Waals surface area contributed by atoms with Crippen molar-refractivity contribution in [3.8, 4) is 0 Å². The molecule has 1 aromatic carbocycles. The van der Waals surface area contributed by atoms with Gasteiger partial charge in [0.2, 0.25) is 0 Å². The van der Waals surface area contributed by atoms with Crippen LogP contribution in [0, 0.1) is 0 Å². The molecule has 0 radical (unpaired) electrons. The zero-order chi connectivity index (χ0) is 16.1. The Morgan fingerprint density at radius 2 is 1.91 bits per heavy atom. The average Bonchev–Trinajstić information content (AvgIpc) is 2.86. The van der Waals surface area contributed by atoms with Crippen molar-refractivity contribution in [1.82, 2.24) is 8.94 Å². The quantitative estimate of drug-likeness (QED) is 0.805. The minimum atomic E-state index is -0.959. The third-order valence-electron chi connectivity index (χ3n) is 2.95. The molecule has 0 amide bonds. The monoisotopic (exact) mass is 316 g/mol. The van der Waals surface area contributed by atoms with Gasteiger partial charge in [-0.15, -0.1) is 0 Å². The molecule has 0 aliphatic heterocycles. The van der Waals surface area contributed by atoms with Gasteiger partial charge in [0.25, 0.3) is 5.56 Å². The van der Waals surface area contributed by atoms with E-state index in [-0.39, 0.29) is 11.1 Å². The molecule has 0 atom stereocenters. The summed E-state index contributed by atoms with van der Waals surface area (Å²) in [5.41, 5.74) is 1.04. The maximum atomic E-state index is 12.1. The summed E-state index contributed by atoms with van der Waals surface area (Å²) < 4.78 is 1.62. The van der Waals surface area contributed by atoms with Crippen molar-refractivity contribution in [2.75, 3.05) is 0 Å². The van der Waals surface area contributed by atoms with Crippen molar-refractivity contribution in [1.29, 1.82) is 0 Å². The fraction of sp³-hybridized carbons (Fsp3) is 0.188. The summed E-state index contributed by atoms with van der Waals surface area (Å²) in [6, 6.07) is 10.00. The van der Waals surface area contributed by atoms with E-state index >= 15 is 0 Å². The lowest BCUT2D eigenvalue weighted by Crippen LogP contribution is -2.13. The first kappa shape index (κ1) is 15.9. The number of benzene rings is 1. The van der Waals surface area contributed by atoms with Gasteiger partial charge in [0, 0.05) is 6.20 Å². The summed E-state index contributed by atoms with van der Waals surface area (Å²) in [4.78, 5) is 27.8. The molecule has 0 fully saturated rings. The summed E-state index contributed by atoms with van der Waals surface area (Å²) in [5, 5.41) is 9.45. The number of aromatic carboxylic acids is 1. The number of carboxylic acid groups (broad SMARTS) is 1. The van der Waals surface area contributed by atoms with E-state index in [0.717, 1.165) is 5.56 Å². The summed E-state index contributed by atoms with van der Waals surface area (Å²) in [6.07, 6.45) is 1.66. The molecule has 114 valence electrons. The lowest BCUT2D eigenvalue weighted by Gasteiger charge is -2.01.